The van der Waals surface area contributed by atoms with Gasteiger partial charge in [-0.25, -0.2) is 0 Å². The summed E-state index contributed by atoms with van der Waals surface area (Å²) < 4.78 is 3.91. The van der Waals surface area contributed by atoms with Crippen molar-refractivity contribution in [2.45, 2.75) is 0 Å². The summed E-state index contributed by atoms with van der Waals surface area (Å²) in [7, 11) is 0. The number of rotatable bonds is 4. The molecule has 0 saturated carbocycles. The zero-order chi connectivity index (χ0) is 10.5. The summed E-state index contributed by atoms with van der Waals surface area (Å²) in [4.78, 5) is 6.51. The van der Waals surface area contributed by atoms with E-state index in [0.29, 0.717) is 5.95 Å². The third-order valence-electron chi connectivity index (χ3n) is 2.25. The van der Waals surface area contributed by atoms with Gasteiger partial charge < -0.3 is 11.1 Å². The molecule has 0 aromatic carbocycles. The monoisotopic (exact) mass is 245 g/mol. The van der Waals surface area contributed by atoms with E-state index in [-0.39, 0.29) is 0 Å². The van der Waals surface area contributed by atoms with Crippen molar-refractivity contribution in [1.82, 2.24) is 14.3 Å². The Morgan fingerprint density at radius 2 is 2.20 bits per heavy atom. The molecule has 0 bridgehead atoms. The number of thioether (sulfide) groups is 1. The van der Waals surface area contributed by atoms with Crippen LogP contribution in [-0.4, -0.2) is 51.9 Å². The summed E-state index contributed by atoms with van der Waals surface area (Å²) in [5.41, 5.74) is 5.43. The Bertz CT molecular complexity index is 297. The lowest BCUT2D eigenvalue weighted by Crippen LogP contribution is -2.36. The fourth-order valence-electron chi connectivity index (χ4n) is 1.45. The molecule has 1 saturated heterocycles. The number of aromatic nitrogens is 2. The van der Waals surface area contributed by atoms with Crippen LogP contribution in [0.5, 0.6) is 0 Å². The zero-order valence-corrected chi connectivity index (χ0v) is 10.1. The normalized spacial score (nSPS) is 17.9. The van der Waals surface area contributed by atoms with Crippen LogP contribution in [0.3, 0.4) is 0 Å². The number of hydrogen-bond donors (Lipinski definition) is 2. The third-order valence-corrected chi connectivity index (χ3v) is 3.88. The van der Waals surface area contributed by atoms with Gasteiger partial charge >= 0.3 is 0 Å². The predicted molar refractivity (Wildman–Crippen MR) is 66.6 cm³/mol. The van der Waals surface area contributed by atoms with Crippen LogP contribution in [0.25, 0.3) is 0 Å². The van der Waals surface area contributed by atoms with Crippen LogP contribution in [-0.2, 0) is 0 Å². The van der Waals surface area contributed by atoms with Crippen molar-refractivity contribution >= 4 is 34.4 Å². The van der Waals surface area contributed by atoms with Crippen LogP contribution in [0.1, 0.15) is 0 Å². The molecule has 0 spiro atoms. The van der Waals surface area contributed by atoms with E-state index in [4.69, 9.17) is 5.73 Å². The van der Waals surface area contributed by atoms with Crippen molar-refractivity contribution in [2.75, 3.05) is 48.7 Å². The molecule has 0 aliphatic carbocycles. The van der Waals surface area contributed by atoms with E-state index < -0.39 is 0 Å². The molecule has 5 nitrogen and oxygen atoms in total. The van der Waals surface area contributed by atoms with Gasteiger partial charge in [0.15, 0.2) is 0 Å². The van der Waals surface area contributed by atoms with E-state index in [1.807, 2.05) is 11.8 Å². The molecule has 0 amide bonds. The molecular weight excluding hydrogens is 230 g/mol. The molecule has 0 radical (unpaired) electrons. The fraction of sp³-hybridized carbons (Fsp3) is 0.750. The first-order valence-corrected chi connectivity index (χ1v) is 6.90. The Kier molecular flexibility index (Phi) is 4.04. The molecule has 2 heterocycles. The summed E-state index contributed by atoms with van der Waals surface area (Å²) in [6.07, 6.45) is 0. The van der Waals surface area contributed by atoms with Crippen LogP contribution >= 0.6 is 23.3 Å². The average molecular weight is 245 g/mol. The molecule has 1 aromatic heterocycles. The molecule has 1 aliphatic rings. The predicted octanol–water partition coefficient (Wildman–Crippen LogP) is 0.581. The molecule has 0 atom stereocenters. The minimum Gasteiger partial charge on any atom is -0.367 e. The van der Waals surface area contributed by atoms with Crippen LogP contribution in [0.4, 0.5) is 11.1 Å². The van der Waals surface area contributed by atoms with Crippen molar-refractivity contribution in [3.8, 4) is 0 Å². The second-order valence-corrected chi connectivity index (χ2v) is 5.32. The number of nitrogens with one attached hydrogen (secondary N) is 1. The molecule has 1 fully saturated rings. The van der Waals surface area contributed by atoms with Gasteiger partial charge in [-0.05, 0) is 0 Å². The van der Waals surface area contributed by atoms with Gasteiger partial charge in [0.25, 0.3) is 0 Å². The third kappa shape index (κ3) is 3.51. The Morgan fingerprint density at radius 1 is 1.40 bits per heavy atom. The Hall–Kier alpha value is -0.530. The molecule has 7 heteroatoms. The highest BCUT2D eigenvalue weighted by atomic mass is 32.2. The summed E-state index contributed by atoms with van der Waals surface area (Å²) in [6, 6.07) is 0. The number of nitrogens with zero attached hydrogens (tertiary/aromatic N) is 3. The second-order valence-electron chi connectivity index (χ2n) is 3.34. The van der Waals surface area contributed by atoms with E-state index in [9.17, 15) is 0 Å². The van der Waals surface area contributed by atoms with Crippen LogP contribution < -0.4 is 11.1 Å². The molecule has 1 aliphatic heterocycles. The van der Waals surface area contributed by atoms with Crippen LogP contribution in [0.2, 0.25) is 0 Å². The molecule has 15 heavy (non-hydrogen) atoms. The second kappa shape index (κ2) is 5.53. The molecular formula is C8H15N5S2. The average Bonchev–Trinajstić information content (AvgIpc) is 2.66. The number of anilines is 2. The summed E-state index contributed by atoms with van der Waals surface area (Å²) in [5, 5.41) is 4.05. The van der Waals surface area contributed by atoms with E-state index >= 15 is 0 Å². The quantitative estimate of drug-likeness (QED) is 0.809. The number of nitrogens with two attached hydrogens (primary N) is 1. The highest BCUT2D eigenvalue weighted by Gasteiger charge is 2.09. The first kappa shape index (κ1) is 11.0. The number of hydrogen-bond acceptors (Lipinski definition) is 7. The van der Waals surface area contributed by atoms with Crippen molar-refractivity contribution in [1.29, 1.82) is 0 Å². The Labute approximate surface area is 97.6 Å². The molecule has 2 rings (SSSR count). The summed E-state index contributed by atoms with van der Waals surface area (Å²) in [5.74, 6) is 2.87. The highest BCUT2D eigenvalue weighted by Crippen LogP contribution is 2.12. The molecule has 1 aromatic rings. The van der Waals surface area contributed by atoms with Gasteiger partial charge in [-0.1, -0.05) is 0 Å². The van der Waals surface area contributed by atoms with Gasteiger partial charge in [-0.15, -0.1) is 0 Å². The Balaban J connectivity index is 1.65. The topological polar surface area (TPSA) is 67.1 Å². The maximum absolute atomic E-state index is 5.43. The minimum absolute atomic E-state index is 0.358. The Morgan fingerprint density at radius 3 is 2.87 bits per heavy atom. The van der Waals surface area contributed by atoms with Gasteiger partial charge in [0, 0.05) is 49.2 Å². The lowest BCUT2D eigenvalue weighted by atomic mass is 10.4. The first-order chi connectivity index (χ1) is 7.34. The molecule has 84 valence electrons. The van der Waals surface area contributed by atoms with Crippen molar-refractivity contribution in [3.63, 3.8) is 0 Å². The lowest BCUT2D eigenvalue weighted by molar-refractivity contribution is 0.314. The summed E-state index contributed by atoms with van der Waals surface area (Å²) >= 11 is 3.35. The lowest BCUT2D eigenvalue weighted by Gasteiger charge is -2.25. The first-order valence-electron chi connectivity index (χ1n) is 4.98. The van der Waals surface area contributed by atoms with Crippen molar-refractivity contribution in [2.24, 2.45) is 0 Å². The number of nitrogen functional groups attached to an aromatic ring is 1. The van der Waals surface area contributed by atoms with Gasteiger partial charge in [-0.2, -0.15) is 21.1 Å². The van der Waals surface area contributed by atoms with Crippen molar-refractivity contribution in [3.05, 3.63) is 0 Å². The standard InChI is InChI=1S/C8H15N5S2/c9-7-11-8(15-12-7)10-1-2-13-3-5-14-6-4-13/h1-6H2,(H3,9,10,11,12). The fourth-order valence-corrected chi connectivity index (χ4v) is 2.95. The zero-order valence-electron chi connectivity index (χ0n) is 8.48. The van der Waals surface area contributed by atoms with Gasteiger partial charge in [-0.3, -0.25) is 4.90 Å². The van der Waals surface area contributed by atoms with E-state index in [1.165, 1.54) is 36.1 Å². The largest absolute Gasteiger partial charge is 0.367 e. The van der Waals surface area contributed by atoms with E-state index in [1.54, 1.807) is 0 Å². The highest BCUT2D eigenvalue weighted by molar-refractivity contribution is 7.99. The van der Waals surface area contributed by atoms with E-state index in [0.717, 1.165) is 18.2 Å². The molecule has 3 N–H and O–H groups in total. The summed E-state index contributed by atoms with van der Waals surface area (Å²) in [6.45, 7) is 4.38. The van der Waals surface area contributed by atoms with Gasteiger partial charge in [0.1, 0.15) is 0 Å². The van der Waals surface area contributed by atoms with Crippen LogP contribution in [0, 0.1) is 0 Å². The maximum Gasteiger partial charge on any atom is 0.233 e. The SMILES string of the molecule is Nc1nsc(NCCN2CCSCC2)n1. The molecule has 0 unspecified atom stereocenters. The smallest absolute Gasteiger partial charge is 0.233 e. The van der Waals surface area contributed by atoms with Crippen LogP contribution in [0.15, 0.2) is 0 Å². The minimum atomic E-state index is 0.358. The maximum atomic E-state index is 5.43. The van der Waals surface area contributed by atoms with Crippen molar-refractivity contribution < 1.29 is 0 Å². The van der Waals surface area contributed by atoms with Gasteiger partial charge in [0.2, 0.25) is 11.1 Å². The van der Waals surface area contributed by atoms with E-state index in [2.05, 4.69) is 19.6 Å². The van der Waals surface area contributed by atoms with Gasteiger partial charge in [0.05, 0.1) is 0 Å².